The number of hydrogen-bond donors (Lipinski definition) is 1. The molecular weight excluding hydrogens is 532 g/mol. The fourth-order valence-corrected chi connectivity index (χ4v) is 6.60. The fourth-order valence-electron chi connectivity index (χ4n) is 6.42. The van der Waals surface area contributed by atoms with Gasteiger partial charge >= 0.3 is 6.36 Å². The van der Waals surface area contributed by atoms with Crippen LogP contribution < -0.4 is 10.1 Å². The SMILES string of the molecule is C=C(Nc1ccc(F)c(Cl)c1)N(CCCN1CCN(C)CC1)[C@@H]1CC[C@]2(c3ccc(OC(F)(F)F)cc3)C[C@H]12. The van der Waals surface area contributed by atoms with Crippen LogP contribution >= 0.6 is 11.6 Å². The molecule has 0 radical (unpaired) electrons. The molecule has 39 heavy (non-hydrogen) atoms. The molecule has 3 aliphatic rings. The number of alkyl halides is 3. The minimum atomic E-state index is -4.70. The number of likely N-dealkylation sites (N-methyl/N-ethyl adjacent to an activating group) is 1. The molecule has 2 aliphatic carbocycles. The summed E-state index contributed by atoms with van der Waals surface area (Å²) >= 11 is 6.01. The van der Waals surface area contributed by atoms with Crippen LogP contribution in [0.2, 0.25) is 5.02 Å². The molecule has 2 aromatic carbocycles. The molecule has 2 aromatic rings. The number of hydrogen-bond acceptors (Lipinski definition) is 5. The molecule has 10 heteroatoms. The summed E-state index contributed by atoms with van der Waals surface area (Å²) in [6.07, 6.45) is -0.805. The number of nitrogens with zero attached hydrogens (tertiary/aromatic N) is 3. The second kappa shape index (κ2) is 11.2. The number of halogens is 5. The third-order valence-corrected chi connectivity index (χ3v) is 8.86. The normalized spacial score (nSPS) is 25.3. The van der Waals surface area contributed by atoms with E-state index in [2.05, 4.69) is 38.4 Å². The predicted octanol–water partition coefficient (Wildman–Crippen LogP) is 6.32. The Morgan fingerprint density at radius 1 is 1.15 bits per heavy atom. The number of rotatable bonds is 10. The van der Waals surface area contributed by atoms with E-state index in [1.807, 2.05) is 0 Å². The van der Waals surface area contributed by atoms with Crippen LogP contribution in [0.4, 0.5) is 23.2 Å². The summed E-state index contributed by atoms with van der Waals surface area (Å²) < 4.78 is 55.6. The minimum absolute atomic E-state index is 0.0312. The van der Waals surface area contributed by atoms with Gasteiger partial charge in [0.15, 0.2) is 0 Å². The van der Waals surface area contributed by atoms with Gasteiger partial charge in [0.05, 0.1) is 10.8 Å². The lowest BCUT2D eigenvalue weighted by molar-refractivity contribution is -0.274. The predicted molar refractivity (Wildman–Crippen MR) is 145 cm³/mol. The molecule has 5 rings (SSSR count). The van der Waals surface area contributed by atoms with Gasteiger partial charge in [-0.05, 0) is 81.1 Å². The van der Waals surface area contributed by atoms with E-state index in [9.17, 15) is 17.6 Å². The summed E-state index contributed by atoms with van der Waals surface area (Å²) in [4.78, 5) is 7.18. The van der Waals surface area contributed by atoms with Gasteiger partial charge in [-0.1, -0.05) is 30.3 Å². The highest BCUT2D eigenvalue weighted by Crippen LogP contribution is 2.65. The number of piperazine rings is 1. The molecular formula is C29H35ClF4N4O. The van der Waals surface area contributed by atoms with E-state index in [1.165, 1.54) is 18.2 Å². The molecule has 212 valence electrons. The summed E-state index contributed by atoms with van der Waals surface area (Å²) in [5.41, 5.74) is 1.71. The van der Waals surface area contributed by atoms with Crippen LogP contribution in [0.25, 0.3) is 0 Å². The number of anilines is 1. The number of nitrogens with one attached hydrogen (secondary N) is 1. The second-order valence-corrected chi connectivity index (χ2v) is 11.4. The van der Waals surface area contributed by atoms with E-state index in [0.717, 1.165) is 76.3 Å². The molecule has 2 saturated carbocycles. The molecule has 1 heterocycles. The summed E-state index contributed by atoms with van der Waals surface area (Å²) in [7, 11) is 2.15. The first-order valence-electron chi connectivity index (χ1n) is 13.5. The lowest BCUT2D eigenvalue weighted by Crippen LogP contribution is -2.45. The lowest BCUT2D eigenvalue weighted by atomic mass is 9.93. The monoisotopic (exact) mass is 566 g/mol. The Hall–Kier alpha value is -2.49. The largest absolute Gasteiger partial charge is 0.573 e. The second-order valence-electron chi connectivity index (χ2n) is 11.0. The van der Waals surface area contributed by atoms with Crippen LogP contribution in [-0.2, 0) is 5.41 Å². The molecule has 1 N–H and O–H groups in total. The molecule has 1 aliphatic heterocycles. The molecule has 0 aromatic heterocycles. The van der Waals surface area contributed by atoms with E-state index >= 15 is 0 Å². The van der Waals surface area contributed by atoms with Crippen LogP contribution in [0.1, 0.15) is 31.2 Å². The molecule has 3 atom stereocenters. The molecule has 0 unspecified atom stereocenters. The van der Waals surface area contributed by atoms with Crippen molar-refractivity contribution in [3.05, 3.63) is 71.3 Å². The standard InChI is InChI=1S/C29H35ClF4N4O/c1-20(35-22-6-9-26(31)25(30)18-22)38(13-3-12-37-16-14-36(2)15-17-37)27-10-11-28(19-24(27)28)21-4-7-23(8-5-21)39-29(32,33)34/h4-9,18,24,27,35H,1,3,10-17,19H2,2H3/t24-,27-,28-/m1/s1. The van der Waals surface area contributed by atoms with Crippen molar-refractivity contribution in [3.63, 3.8) is 0 Å². The van der Waals surface area contributed by atoms with Gasteiger partial charge in [-0.2, -0.15) is 0 Å². The zero-order valence-corrected chi connectivity index (χ0v) is 22.9. The van der Waals surface area contributed by atoms with E-state index in [-0.39, 0.29) is 22.2 Å². The van der Waals surface area contributed by atoms with Crippen molar-refractivity contribution in [2.75, 3.05) is 51.6 Å². The molecule has 0 amide bonds. The van der Waals surface area contributed by atoms with Crippen molar-refractivity contribution in [2.45, 2.75) is 43.5 Å². The summed E-state index contributed by atoms with van der Waals surface area (Å²) in [5.74, 6) is 0.459. The highest BCUT2D eigenvalue weighted by atomic mass is 35.5. The van der Waals surface area contributed by atoms with Gasteiger partial charge in [-0.25, -0.2) is 4.39 Å². The Labute approximate surface area is 232 Å². The van der Waals surface area contributed by atoms with E-state index in [4.69, 9.17) is 11.6 Å². The van der Waals surface area contributed by atoms with Gasteiger partial charge in [0.1, 0.15) is 11.6 Å². The van der Waals surface area contributed by atoms with E-state index < -0.39 is 12.2 Å². The van der Waals surface area contributed by atoms with Crippen molar-refractivity contribution in [3.8, 4) is 5.75 Å². The molecule has 0 spiro atoms. The number of fused-ring (bicyclic) bond motifs is 1. The Balaban J connectivity index is 1.28. The van der Waals surface area contributed by atoms with E-state index in [1.54, 1.807) is 24.3 Å². The van der Waals surface area contributed by atoms with Crippen molar-refractivity contribution in [1.29, 1.82) is 0 Å². The highest BCUT2D eigenvalue weighted by Gasteiger charge is 2.63. The van der Waals surface area contributed by atoms with Crippen molar-refractivity contribution in [2.24, 2.45) is 5.92 Å². The Bertz CT molecular complexity index is 1170. The Morgan fingerprint density at radius 2 is 1.87 bits per heavy atom. The van der Waals surface area contributed by atoms with Crippen molar-refractivity contribution >= 4 is 17.3 Å². The van der Waals surface area contributed by atoms with E-state index in [0.29, 0.717) is 11.6 Å². The summed E-state index contributed by atoms with van der Waals surface area (Å²) in [6, 6.07) is 11.2. The number of ether oxygens (including phenoxy) is 1. The maximum Gasteiger partial charge on any atom is 0.573 e. The van der Waals surface area contributed by atoms with Crippen LogP contribution in [0.3, 0.4) is 0 Å². The highest BCUT2D eigenvalue weighted by molar-refractivity contribution is 6.31. The maximum atomic E-state index is 13.7. The van der Waals surface area contributed by atoms with Crippen LogP contribution in [0.5, 0.6) is 5.75 Å². The number of benzene rings is 2. The van der Waals surface area contributed by atoms with Crippen molar-refractivity contribution in [1.82, 2.24) is 14.7 Å². The zero-order chi connectivity index (χ0) is 27.8. The summed E-state index contributed by atoms with van der Waals surface area (Å²) in [6.45, 7) is 10.4. The van der Waals surface area contributed by atoms with Crippen molar-refractivity contribution < 1.29 is 22.3 Å². The van der Waals surface area contributed by atoms with Gasteiger partial charge in [0.25, 0.3) is 0 Å². The zero-order valence-electron chi connectivity index (χ0n) is 22.1. The fraction of sp³-hybridized carbons (Fsp3) is 0.517. The van der Waals surface area contributed by atoms with Crippen LogP contribution in [-0.4, -0.2) is 73.4 Å². The van der Waals surface area contributed by atoms with Crippen LogP contribution in [0.15, 0.2) is 54.9 Å². The lowest BCUT2D eigenvalue weighted by Gasteiger charge is -2.36. The third kappa shape index (κ3) is 6.47. The first-order chi connectivity index (χ1) is 18.5. The van der Waals surface area contributed by atoms with Crippen LogP contribution in [0, 0.1) is 11.7 Å². The Morgan fingerprint density at radius 3 is 2.51 bits per heavy atom. The first kappa shape index (κ1) is 28.1. The molecule has 0 bridgehead atoms. The first-order valence-corrected chi connectivity index (χ1v) is 13.9. The smallest absolute Gasteiger partial charge is 0.406 e. The topological polar surface area (TPSA) is 31.0 Å². The van der Waals surface area contributed by atoms with Gasteiger partial charge < -0.3 is 24.8 Å². The quantitative estimate of drug-likeness (QED) is 0.340. The Kier molecular flexibility index (Phi) is 8.04. The third-order valence-electron chi connectivity index (χ3n) is 8.57. The molecule has 5 nitrogen and oxygen atoms in total. The average molecular weight is 567 g/mol. The minimum Gasteiger partial charge on any atom is -0.406 e. The van der Waals surface area contributed by atoms with Gasteiger partial charge in [-0.3, -0.25) is 0 Å². The maximum absolute atomic E-state index is 13.7. The van der Waals surface area contributed by atoms with Gasteiger partial charge in [0.2, 0.25) is 0 Å². The average Bonchev–Trinajstić information content (AvgIpc) is 3.50. The molecule has 3 fully saturated rings. The van der Waals surface area contributed by atoms with Gasteiger partial charge in [0, 0.05) is 49.9 Å². The van der Waals surface area contributed by atoms with Gasteiger partial charge in [-0.15, -0.1) is 13.2 Å². The summed E-state index contributed by atoms with van der Waals surface area (Å²) in [5, 5.41) is 3.39. The molecule has 1 saturated heterocycles.